The summed E-state index contributed by atoms with van der Waals surface area (Å²) in [6.07, 6.45) is 4.41. The molecule has 0 aliphatic rings. The van der Waals surface area contributed by atoms with Crippen LogP contribution in [-0.4, -0.2) is 67.0 Å². The number of nitrogens with two attached hydrogens (primary N) is 1. The third-order valence-electron chi connectivity index (χ3n) is 5.34. The number of carbonyl (C=O) groups excluding carboxylic acids is 1. The first-order chi connectivity index (χ1) is 17.8. The molecular weight excluding hydrogens is 500 g/mol. The Balaban J connectivity index is 1.30. The summed E-state index contributed by atoms with van der Waals surface area (Å²) >= 11 is 5.85. The molecule has 4 N–H and O–H groups in total. The number of benzene rings is 1. The molecule has 2 aromatic heterocycles. The molecule has 13 heteroatoms. The van der Waals surface area contributed by atoms with Crippen LogP contribution in [0.5, 0.6) is 5.88 Å². The van der Waals surface area contributed by atoms with Crippen LogP contribution in [0.2, 0.25) is 5.15 Å². The maximum absolute atomic E-state index is 12.2. The minimum Gasteiger partial charge on any atom is -0.480 e. The molecule has 1 amide bonds. The van der Waals surface area contributed by atoms with Crippen LogP contribution in [-0.2, 0) is 35.7 Å². The summed E-state index contributed by atoms with van der Waals surface area (Å²) in [5, 5.41) is 20.2. The van der Waals surface area contributed by atoms with E-state index >= 15 is 0 Å². The average Bonchev–Trinajstić information content (AvgIpc) is 3.28. The van der Waals surface area contributed by atoms with Gasteiger partial charge >= 0.3 is 5.97 Å². The van der Waals surface area contributed by atoms with Gasteiger partial charge in [-0.1, -0.05) is 41.1 Å². The highest BCUT2D eigenvalue weighted by Gasteiger charge is 2.07. The van der Waals surface area contributed by atoms with Gasteiger partial charge in [0.25, 0.3) is 0 Å². The number of hydrogen-bond acceptors (Lipinski definition) is 9. The third kappa shape index (κ3) is 10.4. The molecule has 0 saturated heterocycles. The van der Waals surface area contributed by atoms with Crippen molar-refractivity contribution in [2.24, 2.45) is 0 Å². The van der Waals surface area contributed by atoms with Gasteiger partial charge in [0.1, 0.15) is 11.8 Å². The number of rotatable bonds is 15. The Bertz CT molecular complexity index is 1150. The summed E-state index contributed by atoms with van der Waals surface area (Å²) < 4.78 is 7.33. The molecule has 0 radical (unpaired) electrons. The summed E-state index contributed by atoms with van der Waals surface area (Å²) in [4.78, 5) is 32.4. The highest BCUT2D eigenvalue weighted by molar-refractivity contribution is 6.29. The normalized spacial score (nSPS) is 11.0. The molecule has 0 aliphatic heterocycles. The van der Waals surface area contributed by atoms with E-state index in [0.29, 0.717) is 45.0 Å². The molecule has 3 aromatic rings. The zero-order valence-corrected chi connectivity index (χ0v) is 21.4. The first-order valence-corrected chi connectivity index (χ1v) is 12.2. The Morgan fingerprint density at radius 1 is 1.19 bits per heavy atom. The van der Waals surface area contributed by atoms with Crippen molar-refractivity contribution in [3.63, 3.8) is 0 Å². The van der Waals surface area contributed by atoms with Gasteiger partial charge in [-0.3, -0.25) is 19.2 Å². The van der Waals surface area contributed by atoms with Crippen molar-refractivity contribution in [3.05, 3.63) is 58.5 Å². The maximum Gasteiger partial charge on any atom is 0.317 e. The number of carbonyl (C=O) groups is 2. The van der Waals surface area contributed by atoms with E-state index in [1.54, 1.807) is 16.6 Å². The van der Waals surface area contributed by atoms with Crippen LogP contribution in [0.15, 0.2) is 36.5 Å². The van der Waals surface area contributed by atoms with Crippen LogP contribution in [0.3, 0.4) is 0 Å². The van der Waals surface area contributed by atoms with Gasteiger partial charge in [-0.05, 0) is 44.0 Å². The van der Waals surface area contributed by atoms with Crippen LogP contribution >= 0.6 is 11.6 Å². The minimum atomic E-state index is -0.839. The van der Waals surface area contributed by atoms with E-state index in [1.807, 2.05) is 30.5 Å². The number of aryl methyl sites for hydroxylation is 2. The van der Waals surface area contributed by atoms with E-state index in [0.717, 1.165) is 29.7 Å². The van der Waals surface area contributed by atoms with Crippen LogP contribution in [0.25, 0.3) is 0 Å². The molecular formula is C24H31ClN8O4. The van der Waals surface area contributed by atoms with E-state index in [9.17, 15) is 9.59 Å². The van der Waals surface area contributed by atoms with Gasteiger partial charge in [0.15, 0.2) is 0 Å². The Labute approximate surface area is 219 Å². The molecule has 0 unspecified atom stereocenters. The van der Waals surface area contributed by atoms with Gasteiger partial charge in [0.05, 0.1) is 12.2 Å². The summed E-state index contributed by atoms with van der Waals surface area (Å²) in [6.45, 7) is 2.01. The lowest BCUT2D eigenvalue weighted by atomic mass is 10.1. The van der Waals surface area contributed by atoms with Crippen molar-refractivity contribution in [3.8, 4) is 5.88 Å². The van der Waals surface area contributed by atoms with E-state index in [-0.39, 0.29) is 23.6 Å². The number of aliphatic carboxylic acids is 1. The van der Waals surface area contributed by atoms with E-state index < -0.39 is 5.97 Å². The zero-order valence-electron chi connectivity index (χ0n) is 20.6. The van der Waals surface area contributed by atoms with Crippen molar-refractivity contribution < 1.29 is 19.4 Å². The topological polar surface area (TPSA) is 161 Å². The molecule has 0 saturated carbocycles. The van der Waals surface area contributed by atoms with Crippen molar-refractivity contribution >= 4 is 29.4 Å². The molecule has 198 valence electrons. The molecule has 1 aromatic carbocycles. The van der Waals surface area contributed by atoms with Gasteiger partial charge in [0, 0.05) is 31.8 Å². The number of nitrogens with zero attached hydrogens (tertiary/aromatic N) is 6. The predicted molar refractivity (Wildman–Crippen MR) is 137 cm³/mol. The van der Waals surface area contributed by atoms with Gasteiger partial charge in [0.2, 0.25) is 17.7 Å². The quantitative estimate of drug-likeness (QED) is 0.247. The summed E-state index contributed by atoms with van der Waals surface area (Å²) in [5.41, 5.74) is 8.32. The van der Waals surface area contributed by atoms with E-state index in [2.05, 4.69) is 25.6 Å². The summed E-state index contributed by atoms with van der Waals surface area (Å²) in [7, 11) is 1.78. The first kappa shape index (κ1) is 27.8. The van der Waals surface area contributed by atoms with Crippen LogP contribution in [0.4, 0.5) is 5.95 Å². The number of likely N-dealkylation sites (N-methyl/N-ethyl adjacent to an activating group) is 1. The zero-order chi connectivity index (χ0) is 26.6. The molecule has 2 heterocycles. The number of aromatic nitrogens is 5. The lowest BCUT2D eigenvalue weighted by molar-refractivity contribution is -0.138. The smallest absolute Gasteiger partial charge is 0.317 e. The second kappa shape index (κ2) is 14.1. The molecule has 3 rings (SSSR count). The average molecular weight is 531 g/mol. The third-order valence-corrected chi connectivity index (χ3v) is 5.54. The van der Waals surface area contributed by atoms with Crippen LogP contribution in [0.1, 0.15) is 36.1 Å². The number of halogens is 1. The maximum atomic E-state index is 12.2. The van der Waals surface area contributed by atoms with Crippen LogP contribution in [0, 0.1) is 0 Å². The van der Waals surface area contributed by atoms with Gasteiger partial charge < -0.3 is 20.9 Å². The molecule has 12 nitrogen and oxygen atoms in total. The number of nitrogens with one attached hydrogen (secondary N) is 1. The Morgan fingerprint density at radius 3 is 2.68 bits per heavy atom. The van der Waals surface area contributed by atoms with Crippen molar-refractivity contribution in [1.29, 1.82) is 0 Å². The number of amides is 1. The lowest BCUT2D eigenvalue weighted by Gasteiger charge is -2.12. The fourth-order valence-corrected chi connectivity index (χ4v) is 3.67. The van der Waals surface area contributed by atoms with Gasteiger partial charge in [-0.25, -0.2) is 4.98 Å². The van der Waals surface area contributed by atoms with E-state index in [4.69, 9.17) is 27.2 Å². The number of carboxylic acid groups (broad SMARTS) is 1. The lowest BCUT2D eigenvalue weighted by Crippen LogP contribution is -2.26. The van der Waals surface area contributed by atoms with Gasteiger partial charge in [-0.15, -0.1) is 5.10 Å². The summed E-state index contributed by atoms with van der Waals surface area (Å²) in [6, 6.07) is 9.18. The minimum absolute atomic E-state index is 0.0201. The molecule has 37 heavy (non-hydrogen) atoms. The molecule has 0 spiro atoms. The van der Waals surface area contributed by atoms with E-state index in [1.165, 1.54) is 6.07 Å². The van der Waals surface area contributed by atoms with Crippen molar-refractivity contribution in [2.75, 3.05) is 25.9 Å². The summed E-state index contributed by atoms with van der Waals surface area (Å²) in [5.74, 6) is -0.520. The SMILES string of the molecule is CN(CCCc1cn(CCCC(=O)NCc2ccc(COc3cc(Cl)nc(N)n3)cc2)nn1)CC(=O)O. The number of anilines is 1. The second-order valence-electron chi connectivity index (χ2n) is 8.58. The van der Waals surface area contributed by atoms with Crippen molar-refractivity contribution in [2.45, 2.75) is 45.4 Å². The molecule has 0 bridgehead atoms. The second-order valence-corrected chi connectivity index (χ2v) is 8.97. The van der Waals surface area contributed by atoms with Gasteiger partial charge in [-0.2, -0.15) is 4.98 Å². The number of ether oxygens (including phenoxy) is 1. The Morgan fingerprint density at radius 2 is 1.95 bits per heavy atom. The fourth-order valence-electron chi connectivity index (χ4n) is 3.49. The van der Waals surface area contributed by atoms with Crippen LogP contribution < -0.4 is 15.8 Å². The Hall–Kier alpha value is -3.77. The number of nitrogen functional groups attached to an aromatic ring is 1. The fraction of sp³-hybridized carbons (Fsp3) is 0.417. The monoisotopic (exact) mass is 530 g/mol. The highest BCUT2D eigenvalue weighted by atomic mass is 35.5. The molecule has 0 aliphatic carbocycles. The predicted octanol–water partition coefficient (Wildman–Crippen LogP) is 1.93. The Kier molecular flexibility index (Phi) is 10.6. The molecule has 0 atom stereocenters. The van der Waals surface area contributed by atoms with Crippen molar-refractivity contribution in [1.82, 2.24) is 35.2 Å². The highest BCUT2D eigenvalue weighted by Crippen LogP contribution is 2.16. The first-order valence-electron chi connectivity index (χ1n) is 11.8. The number of carboxylic acids is 1. The standard InChI is InChI=1S/C24H31ClN8O4/c1-32(15-23(35)36)10-2-4-19-14-33(31-30-19)11-3-5-21(34)27-13-17-6-8-18(9-7-17)16-37-22-12-20(25)28-24(26)29-22/h6-9,12,14H,2-5,10-11,13,15-16H2,1H3,(H,27,34)(H,35,36)(H2,26,28,29). The largest absolute Gasteiger partial charge is 0.480 e. The number of hydrogen-bond donors (Lipinski definition) is 3. The molecule has 0 fully saturated rings.